The molecule has 2 rings (SSSR count). The van der Waals surface area contributed by atoms with Crippen LogP contribution in [0.25, 0.3) is 0 Å². The lowest BCUT2D eigenvalue weighted by molar-refractivity contribution is -0.380. The van der Waals surface area contributed by atoms with Crippen LogP contribution >= 0.6 is 24.0 Å². The zero-order valence-corrected chi connectivity index (χ0v) is 10.3. The summed E-state index contributed by atoms with van der Waals surface area (Å²) >= 11 is 5.36. The Morgan fingerprint density at radius 2 is 2.06 bits per heavy atom. The number of hydrogen-bond donors (Lipinski definition) is 1. The second-order valence-electron chi connectivity index (χ2n) is 3.18. The smallest absolute Gasteiger partial charge is 0.258 e. The molecule has 0 aliphatic heterocycles. The third-order valence-electron chi connectivity index (χ3n) is 2.01. The summed E-state index contributed by atoms with van der Waals surface area (Å²) in [5.41, 5.74) is 0.742. The Morgan fingerprint density at radius 3 is 2.71 bits per heavy atom. The van der Waals surface area contributed by atoms with Gasteiger partial charge in [-0.1, -0.05) is 23.5 Å². The SMILES string of the molecule is O=[N+]([O-])c1ccc(C=Nc2ccccc2S)s1. The van der Waals surface area contributed by atoms with Gasteiger partial charge in [0.1, 0.15) is 0 Å². The standard InChI is InChI=1S/C11H8N2O2S2/c14-13(15)11-6-5-8(17-11)7-12-9-3-1-2-4-10(9)16/h1-7,16H. The Labute approximate surface area is 107 Å². The number of thiol groups is 1. The van der Waals surface area contributed by atoms with Gasteiger partial charge in [-0.25, -0.2) is 0 Å². The zero-order chi connectivity index (χ0) is 12.3. The van der Waals surface area contributed by atoms with Crippen LogP contribution in [0.15, 0.2) is 46.3 Å². The fourth-order valence-electron chi connectivity index (χ4n) is 1.22. The summed E-state index contributed by atoms with van der Waals surface area (Å²) in [4.78, 5) is 15.8. The molecule has 0 spiro atoms. The Hall–Kier alpha value is -1.66. The van der Waals surface area contributed by atoms with E-state index in [1.54, 1.807) is 12.3 Å². The normalized spacial score (nSPS) is 10.9. The number of aliphatic imine (C=N–C) groups is 1. The highest BCUT2D eigenvalue weighted by Gasteiger charge is 2.07. The number of para-hydroxylation sites is 1. The molecule has 0 aliphatic carbocycles. The molecule has 1 aromatic carbocycles. The molecule has 0 saturated heterocycles. The predicted molar refractivity (Wildman–Crippen MR) is 71.9 cm³/mol. The molecule has 4 nitrogen and oxygen atoms in total. The topological polar surface area (TPSA) is 55.5 Å². The lowest BCUT2D eigenvalue weighted by Gasteiger charge is -1.95. The van der Waals surface area contributed by atoms with Crippen molar-refractivity contribution in [2.75, 3.05) is 0 Å². The van der Waals surface area contributed by atoms with Crippen LogP contribution in [0.5, 0.6) is 0 Å². The van der Waals surface area contributed by atoms with E-state index in [1.807, 2.05) is 24.3 Å². The minimum Gasteiger partial charge on any atom is -0.258 e. The molecule has 0 saturated carbocycles. The van der Waals surface area contributed by atoms with Crippen LogP contribution in [0.3, 0.4) is 0 Å². The minimum atomic E-state index is -0.408. The van der Waals surface area contributed by atoms with Crippen molar-refractivity contribution < 1.29 is 4.92 Å². The van der Waals surface area contributed by atoms with Crippen molar-refractivity contribution in [3.8, 4) is 0 Å². The maximum absolute atomic E-state index is 10.5. The monoisotopic (exact) mass is 264 g/mol. The first-order valence-corrected chi connectivity index (χ1v) is 5.99. The summed E-state index contributed by atoms with van der Waals surface area (Å²) < 4.78 is 0. The molecule has 17 heavy (non-hydrogen) atoms. The predicted octanol–water partition coefficient (Wildman–Crippen LogP) is 3.70. The van der Waals surface area contributed by atoms with Crippen LogP contribution in [0.4, 0.5) is 10.7 Å². The van der Waals surface area contributed by atoms with E-state index < -0.39 is 4.92 Å². The number of benzene rings is 1. The number of nitrogens with zero attached hydrogens (tertiary/aromatic N) is 2. The molecule has 0 fully saturated rings. The number of hydrogen-bond acceptors (Lipinski definition) is 5. The first-order chi connectivity index (χ1) is 8.16. The van der Waals surface area contributed by atoms with E-state index in [4.69, 9.17) is 0 Å². The summed E-state index contributed by atoms with van der Waals surface area (Å²) in [5, 5.41) is 10.6. The van der Waals surface area contributed by atoms with Crippen molar-refractivity contribution in [1.29, 1.82) is 0 Å². The number of rotatable bonds is 3. The number of nitro groups is 1. The Balaban J connectivity index is 2.20. The summed E-state index contributed by atoms with van der Waals surface area (Å²) in [6.07, 6.45) is 1.60. The highest BCUT2D eigenvalue weighted by atomic mass is 32.1. The fraction of sp³-hybridized carbons (Fsp3) is 0. The van der Waals surface area contributed by atoms with Crippen LogP contribution < -0.4 is 0 Å². The van der Waals surface area contributed by atoms with Gasteiger partial charge in [0.2, 0.25) is 0 Å². The lowest BCUT2D eigenvalue weighted by atomic mass is 10.3. The zero-order valence-electron chi connectivity index (χ0n) is 8.61. The molecular formula is C11H8N2O2S2. The molecule has 0 N–H and O–H groups in total. The van der Waals surface area contributed by atoms with Crippen LogP contribution in [0.2, 0.25) is 0 Å². The van der Waals surface area contributed by atoms with E-state index in [-0.39, 0.29) is 5.00 Å². The molecular weight excluding hydrogens is 256 g/mol. The minimum absolute atomic E-state index is 0.116. The van der Waals surface area contributed by atoms with E-state index in [9.17, 15) is 10.1 Å². The molecule has 1 aromatic heterocycles. The molecule has 1 heterocycles. The molecule has 6 heteroatoms. The van der Waals surface area contributed by atoms with Gasteiger partial charge < -0.3 is 0 Å². The van der Waals surface area contributed by atoms with Crippen molar-refractivity contribution in [1.82, 2.24) is 0 Å². The van der Waals surface area contributed by atoms with Gasteiger partial charge in [0.15, 0.2) is 0 Å². The van der Waals surface area contributed by atoms with E-state index in [0.29, 0.717) is 0 Å². The summed E-state index contributed by atoms with van der Waals surface area (Å²) in [5.74, 6) is 0. The largest absolute Gasteiger partial charge is 0.324 e. The maximum Gasteiger partial charge on any atom is 0.324 e. The first kappa shape index (κ1) is 11.8. The van der Waals surface area contributed by atoms with E-state index in [1.165, 1.54) is 6.07 Å². The van der Waals surface area contributed by atoms with Crippen molar-refractivity contribution >= 4 is 40.9 Å². The quantitative estimate of drug-likeness (QED) is 0.398. The summed E-state index contributed by atoms with van der Waals surface area (Å²) in [6, 6.07) is 10.6. The van der Waals surface area contributed by atoms with Crippen LogP contribution in [0, 0.1) is 10.1 Å². The van der Waals surface area contributed by atoms with Crippen molar-refractivity contribution in [2.45, 2.75) is 4.90 Å². The molecule has 0 aliphatic rings. The number of thiophene rings is 1. The van der Waals surface area contributed by atoms with Gasteiger partial charge >= 0.3 is 5.00 Å². The lowest BCUT2D eigenvalue weighted by Crippen LogP contribution is -1.80. The second-order valence-corrected chi connectivity index (χ2v) is 4.76. The van der Waals surface area contributed by atoms with Gasteiger partial charge in [-0.15, -0.1) is 12.6 Å². The van der Waals surface area contributed by atoms with Crippen molar-refractivity contribution in [2.24, 2.45) is 4.99 Å². The van der Waals surface area contributed by atoms with Crippen LogP contribution in [0.1, 0.15) is 4.88 Å². The van der Waals surface area contributed by atoms with Crippen LogP contribution in [-0.2, 0) is 0 Å². The third kappa shape index (κ3) is 2.92. The van der Waals surface area contributed by atoms with Crippen molar-refractivity contribution in [3.05, 3.63) is 51.4 Å². The van der Waals surface area contributed by atoms with E-state index in [0.717, 1.165) is 26.8 Å². The molecule has 0 amide bonds. The summed E-state index contributed by atoms with van der Waals surface area (Å²) in [7, 11) is 0. The molecule has 86 valence electrons. The second kappa shape index (κ2) is 5.11. The van der Waals surface area contributed by atoms with Gasteiger partial charge in [0.05, 0.1) is 15.5 Å². The Bertz CT molecular complexity index is 578. The average molecular weight is 264 g/mol. The van der Waals surface area contributed by atoms with E-state index in [2.05, 4.69) is 17.6 Å². The van der Waals surface area contributed by atoms with Crippen LogP contribution in [-0.4, -0.2) is 11.1 Å². The fourth-order valence-corrected chi connectivity index (χ4v) is 2.13. The average Bonchev–Trinajstić information content (AvgIpc) is 2.77. The molecule has 0 radical (unpaired) electrons. The Morgan fingerprint density at radius 1 is 1.29 bits per heavy atom. The highest BCUT2D eigenvalue weighted by Crippen LogP contribution is 2.25. The molecule has 0 unspecified atom stereocenters. The first-order valence-electron chi connectivity index (χ1n) is 4.73. The van der Waals surface area contributed by atoms with Gasteiger partial charge in [-0.3, -0.25) is 15.1 Å². The molecule has 0 bridgehead atoms. The van der Waals surface area contributed by atoms with Gasteiger partial charge in [-0.05, 0) is 18.2 Å². The molecule has 2 aromatic rings. The Kier molecular flexibility index (Phi) is 3.55. The van der Waals surface area contributed by atoms with Crippen molar-refractivity contribution in [3.63, 3.8) is 0 Å². The summed E-state index contributed by atoms with van der Waals surface area (Å²) in [6.45, 7) is 0. The highest BCUT2D eigenvalue weighted by molar-refractivity contribution is 7.80. The van der Waals surface area contributed by atoms with Gasteiger partial charge in [-0.2, -0.15) is 0 Å². The third-order valence-corrected chi connectivity index (χ3v) is 3.35. The maximum atomic E-state index is 10.5. The van der Waals surface area contributed by atoms with E-state index >= 15 is 0 Å². The van der Waals surface area contributed by atoms with Gasteiger partial charge in [0.25, 0.3) is 0 Å². The van der Waals surface area contributed by atoms with Gasteiger partial charge in [0, 0.05) is 17.2 Å². The molecule has 0 atom stereocenters.